The highest BCUT2D eigenvalue weighted by Crippen LogP contribution is 2.09. The van der Waals surface area contributed by atoms with Gasteiger partial charge in [-0.25, -0.2) is 4.79 Å². The molecule has 1 fully saturated rings. The molecule has 0 unspecified atom stereocenters. The number of unbranched alkanes of at least 4 members (excludes halogenated alkanes) is 1. The van der Waals surface area contributed by atoms with Gasteiger partial charge in [0.15, 0.2) is 0 Å². The average molecular weight is 417 g/mol. The summed E-state index contributed by atoms with van der Waals surface area (Å²) in [6.07, 6.45) is 2.48. The van der Waals surface area contributed by atoms with Crippen LogP contribution in [0, 0.1) is 0 Å². The Balaban J connectivity index is 1.86. The summed E-state index contributed by atoms with van der Waals surface area (Å²) in [5.41, 5.74) is 0.882. The normalized spacial score (nSPS) is 15.2. The van der Waals surface area contributed by atoms with Crippen molar-refractivity contribution in [1.82, 2.24) is 20.4 Å². The minimum absolute atomic E-state index is 0.0881. The molecule has 1 atom stereocenters. The van der Waals surface area contributed by atoms with Crippen LogP contribution < -0.4 is 10.6 Å². The maximum absolute atomic E-state index is 13.0. The Kier molecular flexibility index (Phi) is 9.86. The van der Waals surface area contributed by atoms with Crippen LogP contribution in [0.4, 0.5) is 4.79 Å². The zero-order valence-electron chi connectivity index (χ0n) is 17.6. The number of carbonyl (C=O) groups is 3. The Morgan fingerprint density at radius 1 is 1.13 bits per heavy atom. The summed E-state index contributed by atoms with van der Waals surface area (Å²) in [5.74, 6) is -0.308. The van der Waals surface area contributed by atoms with Crippen molar-refractivity contribution in [3.05, 3.63) is 48.6 Å². The number of hydrogen-bond acceptors (Lipinski definition) is 5. The van der Waals surface area contributed by atoms with E-state index in [0.29, 0.717) is 38.9 Å². The quantitative estimate of drug-likeness (QED) is 0.446. The molecule has 1 aliphatic heterocycles. The third kappa shape index (κ3) is 8.24. The number of rotatable bonds is 10. The third-order valence-electron chi connectivity index (χ3n) is 5.02. The van der Waals surface area contributed by atoms with Gasteiger partial charge in [-0.05, 0) is 37.9 Å². The fourth-order valence-corrected chi connectivity index (χ4v) is 3.17. The second-order valence-electron chi connectivity index (χ2n) is 7.38. The topological polar surface area (TPSA) is 91.0 Å². The first-order chi connectivity index (χ1) is 14.5. The van der Waals surface area contributed by atoms with E-state index in [1.807, 2.05) is 37.4 Å². The van der Waals surface area contributed by atoms with Crippen LogP contribution in [0.2, 0.25) is 0 Å². The molecule has 0 bridgehead atoms. The Morgan fingerprint density at radius 2 is 1.83 bits per heavy atom. The van der Waals surface area contributed by atoms with Gasteiger partial charge in [-0.1, -0.05) is 36.9 Å². The van der Waals surface area contributed by atoms with Crippen LogP contribution in [0.1, 0.15) is 24.8 Å². The molecule has 1 aromatic carbocycles. The van der Waals surface area contributed by atoms with Crippen molar-refractivity contribution in [2.24, 2.45) is 0 Å². The summed E-state index contributed by atoms with van der Waals surface area (Å²) in [6, 6.07) is 8.75. The predicted molar refractivity (Wildman–Crippen MR) is 115 cm³/mol. The fraction of sp³-hybridized carbons (Fsp3) is 0.500. The highest BCUT2D eigenvalue weighted by Gasteiger charge is 2.28. The van der Waals surface area contributed by atoms with E-state index in [1.165, 1.54) is 6.08 Å². The maximum Gasteiger partial charge on any atom is 0.408 e. The number of alkyl carbamates (subject to hydrolysis) is 1. The highest BCUT2D eigenvalue weighted by molar-refractivity contribution is 5.87. The lowest BCUT2D eigenvalue weighted by atomic mass is 10.1. The van der Waals surface area contributed by atoms with E-state index in [-0.39, 0.29) is 18.4 Å². The predicted octanol–water partition coefficient (Wildman–Crippen LogP) is 1.53. The van der Waals surface area contributed by atoms with Crippen LogP contribution in [-0.2, 0) is 20.9 Å². The van der Waals surface area contributed by atoms with Crippen molar-refractivity contribution in [3.8, 4) is 0 Å². The molecule has 8 nitrogen and oxygen atoms in total. The maximum atomic E-state index is 13.0. The van der Waals surface area contributed by atoms with Gasteiger partial charge >= 0.3 is 6.09 Å². The summed E-state index contributed by atoms with van der Waals surface area (Å²) in [7, 11) is 2.02. The second-order valence-corrected chi connectivity index (χ2v) is 7.38. The van der Waals surface area contributed by atoms with Gasteiger partial charge in [-0.3, -0.25) is 9.59 Å². The summed E-state index contributed by atoms with van der Waals surface area (Å²) < 4.78 is 5.29. The van der Waals surface area contributed by atoms with Gasteiger partial charge in [0.05, 0.1) is 0 Å². The number of ether oxygens (including phenoxy) is 1. The van der Waals surface area contributed by atoms with Gasteiger partial charge in [0.1, 0.15) is 12.6 Å². The monoisotopic (exact) mass is 416 g/mol. The van der Waals surface area contributed by atoms with E-state index in [4.69, 9.17) is 4.74 Å². The van der Waals surface area contributed by atoms with E-state index in [0.717, 1.165) is 18.7 Å². The van der Waals surface area contributed by atoms with Crippen LogP contribution in [0.15, 0.2) is 43.0 Å². The van der Waals surface area contributed by atoms with Crippen molar-refractivity contribution in [2.45, 2.75) is 31.9 Å². The smallest absolute Gasteiger partial charge is 0.408 e. The first-order valence-corrected chi connectivity index (χ1v) is 10.3. The van der Waals surface area contributed by atoms with Crippen LogP contribution in [0.5, 0.6) is 0 Å². The van der Waals surface area contributed by atoms with Crippen molar-refractivity contribution in [2.75, 3.05) is 39.8 Å². The van der Waals surface area contributed by atoms with Gasteiger partial charge in [0.2, 0.25) is 11.8 Å². The summed E-state index contributed by atoms with van der Waals surface area (Å²) in [5, 5.41) is 5.45. The molecule has 8 heteroatoms. The second kappa shape index (κ2) is 12.6. The number of piperazine rings is 1. The molecule has 0 spiro atoms. The SMILES string of the molecule is C=CC(=O)NCCCC[C@H](NC(=O)OCc1ccccc1)C(=O)N1CCN(C)CC1. The Labute approximate surface area is 178 Å². The fourth-order valence-electron chi connectivity index (χ4n) is 3.17. The lowest BCUT2D eigenvalue weighted by Gasteiger charge is -2.34. The molecule has 1 saturated heterocycles. The Bertz CT molecular complexity index is 702. The Morgan fingerprint density at radius 3 is 2.50 bits per heavy atom. The molecule has 1 aromatic rings. The molecule has 0 aromatic heterocycles. The van der Waals surface area contributed by atoms with Crippen LogP contribution in [0.25, 0.3) is 0 Å². The van der Waals surface area contributed by atoms with E-state index in [9.17, 15) is 14.4 Å². The molecule has 0 radical (unpaired) electrons. The number of nitrogens with one attached hydrogen (secondary N) is 2. The molecule has 0 saturated carbocycles. The summed E-state index contributed by atoms with van der Waals surface area (Å²) in [6.45, 7) is 6.96. The zero-order chi connectivity index (χ0) is 21.8. The molecule has 1 heterocycles. The average Bonchev–Trinajstić information content (AvgIpc) is 2.77. The molecule has 164 valence electrons. The number of carbonyl (C=O) groups excluding carboxylic acids is 3. The van der Waals surface area contributed by atoms with Crippen LogP contribution >= 0.6 is 0 Å². The van der Waals surface area contributed by atoms with Crippen LogP contribution in [0.3, 0.4) is 0 Å². The van der Waals surface area contributed by atoms with Crippen molar-refractivity contribution in [3.63, 3.8) is 0 Å². The summed E-state index contributed by atoms with van der Waals surface area (Å²) >= 11 is 0. The first-order valence-electron chi connectivity index (χ1n) is 10.3. The highest BCUT2D eigenvalue weighted by atomic mass is 16.5. The number of hydrogen-bond donors (Lipinski definition) is 2. The summed E-state index contributed by atoms with van der Waals surface area (Å²) in [4.78, 5) is 40.5. The van der Waals surface area contributed by atoms with E-state index in [1.54, 1.807) is 4.90 Å². The minimum atomic E-state index is -0.646. The molecule has 30 heavy (non-hydrogen) atoms. The first kappa shape index (κ1) is 23.4. The zero-order valence-corrected chi connectivity index (χ0v) is 17.6. The van der Waals surface area contributed by atoms with E-state index >= 15 is 0 Å². The third-order valence-corrected chi connectivity index (χ3v) is 5.02. The van der Waals surface area contributed by atoms with E-state index < -0.39 is 12.1 Å². The van der Waals surface area contributed by atoms with Crippen molar-refractivity contribution in [1.29, 1.82) is 0 Å². The molecule has 0 aliphatic carbocycles. The number of nitrogens with zero attached hydrogens (tertiary/aromatic N) is 2. The molecular formula is C22H32N4O4. The number of amides is 3. The largest absolute Gasteiger partial charge is 0.445 e. The van der Waals surface area contributed by atoms with Gasteiger partial charge in [-0.2, -0.15) is 0 Å². The standard InChI is InChI=1S/C22H32N4O4/c1-3-20(27)23-12-8-7-11-19(21(28)26-15-13-25(2)14-16-26)24-22(29)30-17-18-9-5-4-6-10-18/h3-6,9-10,19H,1,7-8,11-17H2,2H3,(H,23,27)(H,24,29)/t19-/m0/s1. The molecule has 2 rings (SSSR count). The molecule has 2 N–H and O–H groups in total. The molecule has 1 aliphatic rings. The van der Waals surface area contributed by atoms with Crippen molar-refractivity contribution >= 4 is 17.9 Å². The lowest BCUT2D eigenvalue weighted by Crippen LogP contribution is -2.54. The minimum Gasteiger partial charge on any atom is -0.445 e. The number of benzene rings is 1. The molecule has 3 amide bonds. The van der Waals surface area contributed by atoms with Crippen LogP contribution in [-0.4, -0.2) is 73.5 Å². The Hall–Kier alpha value is -2.87. The van der Waals surface area contributed by atoms with Gasteiger partial charge in [-0.15, -0.1) is 0 Å². The van der Waals surface area contributed by atoms with Crippen molar-refractivity contribution < 1.29 is 19.1 Å². The van der Waals surface area contributed by atoms with E-state index in [2.05, 4.69) is 22.1 Å². The number of likely N-dealkylation sites (N-methyl/N-ethyl adjacent to an activating group) is 1. The van der Waals surface area contributed by atoms with Gasteiger partial charge in [0.25, 0.3) is 0 Å². The van der Waals surface area contributed by atoms with Gasteiger partial charge < -0.3 is 25.2 Å². The lowest BCUT2D eigenvalue weighted by molar-refractivity contribution is -0.135. The van der Waals surface area contributed by atoms with Gasteiger partial charge in [0, 0.05) is 32.7 Å². The molecular weight excluding hydrogens is 384 g/mol.